The van der Waals surface area contributed by atoms with Gasteiger partial charge in [0.25, 0.3) is 0 Å². The van der Waals surface area contributed by atoms with E-state index in [1.165, 1.54) is 11.1 Å². The minimum Gasteiger partial charge on any atom is -0.356 e. The van der Waals surface area contributed by atoms with Crippen LogP contribution in [0.2, 0.25) is 0 Å². The van der Waals surface area contributed by atoms with Gasteiger partial charge in [-0.1, -0.05) is 30.3 Å². The first kappa shape index (κ1) is 23.1. The molecule has 7 heteroatoms. The number of aliphatic imine (C=N–C) groups is 1. The number of likely N-dealkylation sites (N-methyl/N-ethyl adjacent to an activating group) is 1. The highest BCUT2D eigenvalue weighted by Crippen LogP contribution is 2.21. The Morgan fingerprint density at radius 2 is 1.76 bits per heavy atom. The number of pyridine rings is 1. The third kappa shape index (κ3) is 6.24. The molecule has 2 N–H and O–H groups in total. The van der Waals surface area contributed by atoms with E-state index < -0.39 is 0 Å². The smallest absolute Gasteiger partial charge is 0.243 e. The fourth-order valence-electron chi connectivity index (χ4n) is 4.59. The van der Waals surface area contributed by atoms with E-state index in [1.54, 1.807) is 19.0 Å². The second kappa shape index (κ2) is 10.7. The van der Waals surface area contributed by atoms with Crippen LogP contribution in [0.5, 0.6) is 0 Å². The normalized spacial score (nSPS) is 19.1. The Hall–Kier alpha value is -3.09. The van der Waals surface area contributed by atoms with E-state index in [-0.39, 0.29) is 12.5 Å². The second-order valence-corrected chi connectivity index (χ2v) is 9.35. The van der Waals surface area contributed by atoms with Gasteiger partial charge in [-0.15, -0.1) is 0 Å². The number of hydrogen-bond acceptors (Lipinski definition) is 4. The van der Waals surface area contributed by atoms with Gasteiger partial charge in [0.1, 0.15) is 12.4 Å². The zero-order valence-corrected chi connectivity index (χ0v) is 20.1. The van der Waals surface area contributed by atoms with Crippen molar-refractivity contribution in [2.45, 2.75) is 51.1 Å². The molecule has 2 aliphatic rings. The summed E-state index contributed by atoms with van der Waals surface area (Å²) in [5.41, 5.74) is 3.90. The van der Waals surface area contributed by atoms with Gasteiger partial charge in [-0.05, 0) is 62.3 Å². The Morgan fingerprint density at radius 1 is 1.03 bits per heavy atom. The molecule has 1 aliphatic heterocycles. The maximum absolute atomic E-state index is 12.2. The highest BCUT2D eigenvalue weighted by molar-refractivity contribution is 5.85. The summed E-state index contributed by atoms with van der Waals surface area (Å²) in [4.78, 5) is 25.4. The Morgan fingerprint density at radius 3 is 2.48 bits per heavy atom. The van der Waals surface area contributed by atoms with Crippen LogP contribution >= 0.6 is 0 Å². The maximum Gasteiger partial charge on any atom is 0.243 e. The third-order valence-corrected chi connectivity index (χ3v) is 6.59. The summed E-state index contributed by atoms with van der Waals surface area (Å²) in [6, 6.07) is 15.5. The average Bonchev–Trinajstić information content (AvgIpc) is 2.82. The summed E-state index contributed by atoms with van der Waals surface area (Å²) < 4.78 is 0. The first-order valence-corrected chi connectivity index (χ1v) is 12.0. The second-order valence-electron chi connectivity index (χ2n) is 9.35. The van der Waals surface area contributed by atoms with Gasteiger partial charge in [0.05, 0.1) is 0 Å². The van der Waals surface area contributed by atoms with Crippen molar-refractivity contribution in [1.29, 1.82) is 0 Å². The molecule has 2 aromatic rings. The highest BCUT2D eigenvalue weighted by atomic mass is 16.2. The molecule has 33 heavy (non-hydrogen) atoms. The zero-order chi connectivity index (χ0) is 23.2. The Balaban J connectivity index is 1.38. The minimum atomic E-state index is 0.00503. The topological polar surface area (TPSA) is 72.9 Å². The van der Waals surface area contributed by atoms with Gasteiger partial charge in [-0.25, -0.2) is 9.98 Å². The van der Waals surface area contributed by atoms with Crippen LogP contribution in [0, 0.1) is 6.92 Å². The quantitative estimate of drug-likeness (QED) is 0.543. The van der Waals surface area contributed by atoms with Crippen molar-refractivity contribution in [2.75, 3.05) is 38.6 Å². The van der Waals surface area contributed by atoms with Gasteiger partial charge < -0.3 is 20.4 Å². The summed E-state index contributed by atoms with van der Waals surface area (Å²) in [7, 11) is 3.54. The predicted octanol–water partition coefficient (Wildman–Crippen LogP) is 2.54. The van der Waals surface area contributed by atoms with Gasteiger partial charge in [0.15, 0.2) is 5.96 Å². The number of nitrogens with one attached hydrogen (secondary N) is 2. The van der Waals surface area contributed by atoms with E-state index in [1.807, 2.05) is 13.0 Å². The number of guanidine groups is 1. The van der Waals surface area contributed by atoms with Crippen molar-refractivity contribution in [2.24, 2.45) is 4.99 Å². The van der Waals surface area contributed by atoms with E-state index >= 15 is 0 Å². The van der Waals surface area contributed by atoms with E-state index in [2.05, 4.69) is 61.9 Å². The van der Waals surface area contributed by atoms with Gasteiger partial charge in [-0.2, -0.15) is 0 Å². The van der Waals surface area contributed by atoms with Crippen LogP contribution in [-0.4, -0.2) is 67.6 Å². The van der Waals surface area contributed by atoms with Crippen LogP contribution in [0.4, 0.5) is 5.82 Å². The molecule has 1 aliphatic carbocycles. The number of piperidine rings is 1. The van der Waals surface area contributed by atoms with Crippen LogP contribution in [0.15, 0.2) is 47.5 Å². The lowest BCUT2D eigenvalue weighted by molar-refractivity contribution is -0.127. The van der Waals surface area contributed by atoms with E-state index in [0.29, 0.717) is 12.1 Å². The van der Waals surface area contributed by atoms with Crippen LogP contribution in [0.25, 0.3) is 0 Å². The van der Waals surface area contributed by atoms with Crippen molar-refractivity contribution in [3.05, 3.63) is 59.3 Å². The Labute approximate surface area is 197 Å². The lowest BCUT2D eigenvalue weighted by Crippen LogP contribution is -2.52. The van der Waals surface area contributed by atoms with E-state index in [0.717, 1.165) is 62.7 Å². The van der Waals surface area contributed by atoms with Crippen LogP contribution in [0.3, 0.4) is 0 Å². The molecule has 1 saturated heterocycles. The molecule has 1 aromatic carbocycles. The van der Waals surface area contributed by atoms with Crippen molar-refractivity contribution in [3.63, 3.8) is 0 Å². The number of anilines is 1. The number of carbonyl (C=O) groups is 1. The van der Waals surface area contributed by atoms with Crippen LogP contribution in [0.1, 0.15) is 36.1 Å². The summed E-state index contributed by atoms with van der Waals surface area (Å²) in [5.74, 6) is 1.81. The summed E-state index contributed by atoms with van der Waals surface area (Å²) in [6.07, 6.45) is 5.13. The summed E-state index contributed by atoms with van der Waals surface area (Å²) in [6.45, 7) is 4.09. The summed E-state index contributed by atoms with van der Waals surface area (Å²) in [5, 5.41) is 7.26. The molecule has 1 aromatic heterocycles. The molecule has 7 nitrogen and oxygen atoms in total. The van der Waals surface area contributed by atoms with Crippen molar-refractivity contribution >= 4 is 17.7 Å². The standard InChI is InChI=1S/C26H36N6O/c1-19-7-6-10-24(28-19)32-15-13-22(14-16-32)29-26(27-18-25(33)31(2)3)30-23-12-11-20-8-4-5-9-21(20)17-23/h4-10,22-23H,11-18H2,1-3H3,(H2,27,29,30). The molecular formula is C26H36N6O. The van der Waals surface area contributed by atoms with Gasteiger partial charge in [0, 0.05) is 45.0 Å². The maximum atomic E-state index is 12.2. The van der Waals surface area contributed by atoms with Crippen LogP contribution in [-0.2, 0) is 17.6 Å². The van der Waals surface area contributed by atoms with E-state index in [9.17, 15) is 4.79 Å². The fraction of sp³-hybridized carbons (Fsp3) is 0.500. The van der Waals surface area contributed by atoms with E-state index in [4.69, 9.17) is 0 Å². The number of benzene rings is 1. The number of aryl methyl sites for hydroxylation is 2. The number of carbonyl (C=O) groups excluding carboxylic acids is 1. The molecular weight excluding hydrogens is 412 g/mol. The number of fused-ring (bicyclic) bond motifs is 1. The van der Waals surface area contributed by atoms with Gasteiger partial charge >= 0.3 is 0 Å². The number of aromatic nitrogens is 1. The Kier molecular flexibility index (Phi) is 7.47. The molecule has 1 atom stereocenters. The molecule has 0 bridgehead atoms. The third-order valence-electron chi connectivity index (χ3n) is 6.59. The van der Waals surface area contributed by atoms with Gasteiger partial charge in [0.2, 0.25) is 5.91 Å². The molecule has 4 rings (SSSR count). The number of amides is 1. The number of hydrogen-bond donors (Lipinski definition) is 2. The van der Waals surface area contributed by atoms with Crippen molar-refractivity contribution in [3.8, 4) is 0 Å². The first-order chi connectivity index (χ1) is 16.0. The lowest BCUT2D eigenvalue weighted by Gasteiger charge is -2.35. The molecule has 0 spiro atoms. The van der Waals surface area contributed by atoms with Crippen molar-refractivity contribution < 1.29 is 4.79 Å². The minimum absolute atomic E-state index is 0.00503. The number of nitrogens with zero attached hydrogens (tertiary/aromatic N) is 4. The molecule has 2 heterocycles. The molecule has 0 radical (unpaired) electrons. The SMILES string of the molecule is Cc1cccc(N2CCC(NC(=NCC(=O)N(C)C)NC3CCc4ccccc4C3)CC2)n1. The van der Waals surface area contributed by atoms with Crippen LogP contribution < -0.4 is 15.5 Å². The lowest BCUT2D eigenvalue weighted by atomic mass is 9.88. The molecule has 0 saturated carbocycles. The molecule has 1 amide bonds. The fourth-order valence-corrected chi connectivity index (χ4v) is 4.59. The first-order valence-electron chi connectivity index (χ1n) is 12.0. The average molecular weight is 449 g/mol. The van der Waals surface area contributed by atoms with Crippen molar-refractivity contribution in [1.82, 2.24) is 20.5 Å². The molecule has 1 unspecified atom stereocenters. The molecule has 176 valence electrons. The molecule has 1 fully saturated rings. The Bertz CT molecular complexity index is 980. The van der Waals surface area contributed by atoms with Gasteiger partial charge in [-0.3, -0.25) is 4.79 Å². The highest BCUT2D eigenvalue weighted by Gasteiger charge is 2.24. The number of rotatable bonds is 5. The largest absolute Gasteiger partial charge is 0.356 e. The predicted molar refractivity (Wildman–Crippen MR) is 134 cm³/mol. The monoisotopic (exact) mass is 448 g/mol. The zero-order valence-electron chi connectivity index (χ0n) is 20.1. The summed E-state index contributed by atoms with van der Waals surface area (Å²) >= 11 is 0.